The van der Waals surface area contributed by atoms with Crippen LogP contribution >= 0.6 is 0 Å². The monoisotopic (exact) mass is 297 g/mol. The number of nitrogens with one attached hydrogen (secondary N) is 1. The first kappa shape index (κ1) is 14.2. The molecule has 2 aromatic rings. The number of benzene rings is 1. The van der Waals surface area contributed by atoms with Gasteiger partial charge in [0.2, 0.25) is 0 Å². The lowest BCUT2D eigenvalue weighted by molar-refractivity contribution is 0.208. The summed E-state index contributed by atoms with van der Waals surface area (Å²) >= 11 is 0. The van der Waals surface area contributed by atoms with Crippen LogP contribution in [0.4, 0.5) is 22.0 Å². The Morgan fingerprint density at radius 1 is 1.05 bits per heavy atom. The molecule has 0 spiro atoms. The molecule has 6 nitrogen and oxygen atoms in total. The van der Waals surface area contributed by atoms with Gasteiger partial charge in [-0.05, 0) is 24.3 Å². The summed E-state index contributed by atoms with van der Waals surface area (Å²) in [5, 5.41) is 2.91. The number of nitrogens with zero attached hydrogens (tertiary/aromatic N) is 3. The number of rotatable bonds is 2. The summed E-state index contributed by atoms with van der Waals surface area (Å²) in [4.78, 5) is 20.5. The molecule has 6 heteroatoms. The number of nitrogen functional groups attached to an aromatic ring is 1. The number of amides is 2. The number of carbonyl (C=O) groups is 1. The van der Waals surface area contributed by atoms with Gasteiger partial charge in [0.25, 0.3) is 0 Å². The molecule has 1 aromatic carbocycles. The first-order chi connectivity index (χ1) is 10.7. The quantitative estimate of drug-likeness (QED) is 0.889. The highest BCUT2D eigenvalue weighted by molar-refractivity contribution is 5.89. The molecule has 0 atom stereocenters. The van der Waals surface area contributed by atoms with Crippen LogP contribution in [0.1, 0.15) is 0 Å². The van der Waals surface area contributed by atoms with Gasteiger partial charge in [-0.3, -0.25) is 0 Å². The number of carbonyl (C=O) groups excluding carboxylic acids is 1. The second-order valence-corrected chi connectivity index (χ2v) is 5.22. The van der Waals surface area contributed by atoms with E-state index in [1.807, 2.05) is 47.4 Å². The molecule has 0 radical (unpaired) electrons. The molecule has 3 N–H and O–H groups in total. The van der Waals surface area contributed by atoms with E-state index in [1.165, 1.54) is 0 Å². The fraction of sp³-hybridized carbons (Fsp3) is 0.250. The number of aromatic nitrogens is 1. The lowest BCUT2D eigenvalue weighted by atomic mass is 10.3. The van der Waals surface area contributed by atoms with Gasteiger partial charge in [-0.2, -0.15) is 0 Å². The average molecular weight is 297 g/mol. The fourth-order valence-electron chi connectivity index (χ4n) is 2.45. The van der Waals surface area contributed by atoms with Crippen LogP contribution in [0.15, 0.2) is 48.7 Å². The van der Waals surface area contributed by atoms with E-state index in [-0.39, 0.29) is 6.03 Å². The normalized spacial score (nSPS) is 14.7. The van der Waals surface area contributed by atoms with Gasteiger partial charge < -0.3 is 20.9 Å². The van der Waals surface area contributed by atoms with E-state index in [0.29, 0.717) is 18.8 Å². The summed E-state index contributed by atoms with van der Waals surface area (Å²) in [5.74, 6) is 0.900. The van der Waals surface area contributed by atoms with Crippen molar-refractivity contribution in [2.24, 2.45) is 0 Å². The van der Waals surface area contributed by atoms with Crippen molar-refractivity contribution in [3.05, 3.63) is 48.7 Å². The molecule has 1 aliphatic heterocycles. The van der Waals surface area contributed by atoms with Crippen LogP contribution in [-0.2, 0) is 0 Å². The van der Waals surface area contributed by atoms with Crippen LogP contribution in [0, 0.1) is 0 Å². The number of para-hydroxylation sites is 1. The van der Waals surface area contributed by atoms with Gasteiger partial charge in [0, 0.05) is 31.9 Å². The van der Waals surface area contributed by atoms with Gasteiger partial charge in [0.15, 0.2) is 0 Å². The summed E-state index contributed by atoms with van der Waals surface area (Å²) in [5.41, 5.74) is 7.12. The Labute approximate surface area is 129 Å². The number of pyridine rings is 1. The molecule has 0 unspecified atom stereocenters. The van der Waals surface area contributed by atoms with Crippen LogP contribution < -0.4 is 16.0 Å². The van der Waals surface area contributed by atoms with Crippen LogP contribution in [0.2, 0.25) is 0 Å². The van der Waals surface area contributed by atoms with Gasteiger partial charge in [0.05, 0.1) is 11.9 Å². The summed E-state index contributed by atoms with van der Waals surface area (Å²) in [6.07, 6.45) is 1.66. The molecule has 1 fully saturated rings. The third-order valence-electron chi connectivity index (χ3n) is 3.69. The first-order valence-corrected chi connectivity index (χ1v) is 7.30. The van der Waals surface area contributed by atoms with Crippen molar-refractivity contribution in [3.63, 3.8) is 0 Å². The number of piperazine rings is 1. The van der Waals surface area contributed by atoms with Crippen LogP contribution in [-0.4, -0.2) is 42.1 Å². The third kappa shape index (κ3) is 3.28. The smallest absolute Gasteiger partial charge is 0.321 e. The van der Waals surface area contributed by atoms with E-state index < -0.39 is 0 Å². The zero-order valence-corrected chi connectivity index (χ0v) is 12.3. The molecule has 114 valence electrons. The highest BCUT2D eigenvalue weighted by Gasteiger charge is 2.21. The minimum Gasteiger partial charge on any atom is -0.397 e. The van der Waals surface area contributed by atoms with Gasteiger partial charge in [-0.15, -0.1) is 0 Å². The Hall–Kier alpha value is -2.76. The number of urea groups is 1. The second kappa shape index (κ2) is 6.34. The average Bonchev–Trinajstić information content (AvgIpc) is 2.57. The topological polar surface area (TPSA) is 74.5 Å². The maximum absolute atomic E-state index is 12.2. The largest absolute Gasteiger partial charge is 0.397 e. The lowest BCUT2D eigenvalue weighted by Crippen LogP contribution is -2.50. The number of anilines is 3. The van der Waals surface area contributed by atoms with Crippen molar-refractivity contribution in [2.75, 3.05) is 42.1 Å². The van der Waals surface area contributed by atoms with E-state index in [2.05, 4.69) is 15.2 Å². The summed E-state index contributed by atoms with van der Waals surface area (Å²) < 4.78 is 0. The Morgan fingerprint density at radius 3 is 2.41 bits per heavy atom. The fourth-order valence-corrected chi connectivity index (χ4v) is 2.45. The SMILES string of the molecule is Nc1ccc(N2CCN(C(=O)Nc3ccccc3)CC2)nc1. The van der Waals surface area contributed by atoms with E-state index >= 15 is 0 Å². The number of nitrogens with two attached hydrogens (primary N) is 1. The molecule has 1 saturated heterocycles. The Morgan fingerprint density at radius 2 is 1.77 bits per heavy atom. The molecule has 1 aliphatic rings. The molecule has 2 heterocycles. The molecule has 2 amide bonds. The molecular weight excluding hydrogens is 278 g/mol. The van der Waals surface area contributed by atoms with Gasteiger partial charge in [0.1, 0.15) is 5.82 Å². The maximum Gasteiger partial charge on any atom is 0.321 e. The highest BCUT2D eigenvalue weighted by Crippen LogP contribution is 2.15. The lowest BCUT2D eigenvalue weighted by Gasteiger charge is -2.35. The van der Waals surface area contributed by atoms with Gasteiger partial charge in [-0.1, -0.05) is 18.2 Å². The van der Waals surface area contributed by atoms with Crippen molar-refractivity contribution < 1.29 is 4.79 Å². The number of hydrogen-bond acceptors (Lipinski definition) is 4. The molecule has 3 rings (SSSR count). The van der Waals surface area contributed by atoms with Crippen molar-refractivity contribution in [3.8, 4) is 0 Å². The molecular formula is C16H19N5O. The first-order valence-electron chi connectivity index (χ1n) is 7.30. The van der Waals surface area contributed by atoms with E-state index in [4.69, 9.17) is 5.73 Å². The van der Waals surface area contributed by atoms with Crippen LogP contribution in [0.3, 0.4) is 0 Å². The predicted molar refractivity (Wildman–Crippen MR) is 87.9 cm³/mol. The Balaban J connectivity index is 1.55. The van der Waals surface area contributed by atoms with E-state index in [0.717, 1.165) is 24.6 Å². The van der Waals surface area contributed by atoms with Crippen LogP contribution in [0.5, 0.6) is 0 Å². The van der Waals surface area contributed by atoms with Crippen molar-refractivity contribution in [1.29, 1.82) is 0 Å². The van der Waals surface area contributed by atoms with Gasteiger partial charge >= 0.3 is 6.03 Å². The second-order valence-electron chi connectivity index (χ2n) is 5.22. The van der Waals surface area contributed by atoms with Gasteiger partial charge in [-0.25, -0.2) is 9.78 Å². The van der Waals surface area contributed by atoms with Crippen LogP contribution in [0.25, 0.3) is 0 Å². The van der Waals surface area contributed by atoms with Crippen molar-refractivity contribution in [2.45, 2.75) is 0 Å². The highest BCUT2D eigenvalue weighted by atomic mass is 16.2. The van der Waals surface area contributed by atoms with Crippen molar-refractivity contribution >= 4 is 23.2 Å². The van der Waals surface area contributed by atoms with E-state index in [9.17, 15) is 4.79 Å². The molecule has 0 bridgehead atoms. The third-order valence-corrected chi connectivity index (χ3v) is 3.69. The molecule has 22 heavy (non-hydrogen) atoms. The minimum absolute atomic E-state index is 0.0592. The predicted octanol–water partition coefficient (Wildman–Crippen LogP) is 2.02. The minimum atomic E-state index is -0.0592. The Bertz CT molecular complexity index is 621. The molecule has 0 saturated carbocycles. The molecule has 0 aliphatic carbocycles. The van der Waals surface area contributed by atoms with E-state index in [1.54, 1.807) is 6.20 Å². The standard InChI is InChI=1S/C16H19N5O/c17-13-6-7-15(18-12-13)20-8-10-21(11-9-20)16(22)19-14-4-2-1-3-5-14/h1-7,12H,8-11,17H2,(H,19,22). The van der Waals surface area contributed by atoms with Crippen molar-refractivity contribution in [1.82, 2.24) is 9.88 Å². The summed E-state index contributed by atoms with van der Waals surface area (Å²) in [7, 11) is 0. The zero-order valence-electron chi connectivity index (χ0n) is 12.3. The number of hydrogen-bond donors (Lipinski definition) is 2. The summed E-state index contributed by atoms with van der Waals surface area (Å²) in [6.45, 7) is 2.87. The maximum atomic E-state index is 12.2. The molecule has 1 aromatic heterocycles. The summed E-state index contributed by atoms with van der Waals surface area (Å²) in [6, 6.07) is 13.2. The zero-order chi connectivity index (χ0) is 15.4. The Kier molecular flexibility index (Phi) is 4.09.